The van der Waals surface area contributed by atoms with Crippen molar-refractivity contribution in [2.75, 3.05) is 5.32 Å². The van der Waals surface area contributed by atoms with Gasteiger partial charge in [0, 0.05) is 12.5 Å². The van der Waals surface area contributed by atoms with Crippen molar-refractivity contribution < 1.29 is 9.53 Å². The minimum Gasteiger partial charge on any atom is -0.454 e. The fraction of sp³-hybridized carbons (Fsp3) is 0.0667. The average Bonchev–Trinajstić information content (AvgIpc) is 2.42. The molecule has 0 unspecified atom stereocenters. The van der Waals surface area contributed by atoms with E-state index in [9.17, 15) is 4.79 Å². The van der Waals surface area contributed by atoms with Gasteiger partial charge >= 0.3 is 0 Å². The van der Waals surface area contributed by atoms with E-state index in [2.05, 4.69) is 21.2 Å². The Morgan fingerprint density at radius 3 is 2.57 bits per heavy atom. The van der Waals surface area contributed by atoms with Gasteiger partial charge in [-0.3, -0.25) is 4.79 Å². The van der Waals surface area contributed by atoms with Gasteiger partial charge in [0.25, 0.3) is 0 Å². The second kappa shape index (κ2) is 6.69. The Bertz CT molecular complexity index is 704. The Kier molecular flexibility index (Phi) is 4.93. The third kappa shape index (κ3) is 4.03. The molecule has 0 fully saturated rings. The molecule has 21 heavy (non-hydrogen) atoms. The molecule has 0 aromatic heterocycles. The summed E-state index contributed by atoms with van der Waals surface area (Å²) in [6, 6.07) is 12.5. The second-order valence-electron chi connectivity index (χ2n) is 4.29. The molecule has 0 atom stereocenters. The van der Waals surface area contributed by atoms with E-state index in [-0.39, 0.29) is 5.91 Å². The van der Waals surface area contributed by atoms with Crippen LogP contribution >= 0.6 is 28.1 Å². The molecule has 108 valence electrons. The largest absolute Gasteiger partial charge is 0.454 e. The first-order chi connectivity index (χ1) is 9.97. The lowest BCUT2D eigenvalue weighted by Crippen LogP contribution is -2.09. The number of halogens is 1. The van der Waals surface area contributed by atoms with Gasteiger partial charge in [0.05, 0.1) is 10.2 Å². The first kappa shape index (κ1) is 15.5. The smallest absolute Gasteiger partial charge is 0.221 e. The summed E-state index contributed by atoms with van der Waals surface area (Å²) < 4.78 is 6.56. The molecule has 2 rings (SSSR count). The number of para-hydroxylation sites is 2. The van der Waals surface area contributed by atoms with Crippen molar-refractivity contribution in [1.82, 2.24) is 0 Å². The number of carbonyl (C=O) groups excluding carboxylic acids is 1. The lowest BCUT2D eigenvalue weighted by atomic mass is 10.2. The van der Waals surface area contributed by atoms with E-state index >= 15 is 0 Å². The maximum Gasteiger partial charge on any atom is 0.221 e. The van der Waals surface area contributed by atoms with Crippen molar-refractivity contribution in [3.05, 3.63) is 52.5 Å². The van der Waals surface area contributed by atoms with E-state index < -0.39 is 0 Å². The van der Waals surface area contributed by atoms with Crippen molar-refractivity contribution in [2.24, 2.45) is 5.73 Å². The summed E-state index contributed by atoms with van der Waals surface area (Å²) in [5.74, 6) is 0.998. The van der Waals surface area contributed by atoms with Gasteiger partial charge in [0.1, 0.15) is 10.7 Å². The van der Waals surface area contributed by atoms with Gasteiger partial charge in [0.2, 0.25) is 5.91 Å². The number of rotatable bonds is 4. The molecule has 1 amide bonds. The van der Waals surface area contributed by atoms with E-state index in [1.165, 1.54) is 6.92 Å². The predicted molar refractivity (Wildman–Crippen MR) is 90.8 cm³/mol. The Balaban J connectivity index is 2.30. The van der Waals surface area contributed by atoms with E-state index in [0.717, 1.165) is 10.0 Å². The SMILES string of the molecule is CC(=O)Nc1ccccc1Oc1ccc(C(N)=S)cc1Br. The minimum absolute atomic E-state index is 0.158. The highest BCUT2D eigenvalue weighted by Gasteiger charge is 2.09. The van der Waals surface area contributed by atoms with Crippen LogP contribution in [-0.2, 0) is 4.79 Å². The summed E-state index contributed by atoms with van der Waals surface area (Å²) in [5.41, 5.74) is 6.94. The number of thiocarbonyl (C=S) groups is 1. The molecule has 3 N–H and O–H groups in total. The van der Waals surface area contributed by atoms with E-state index in [4.69, 9.17) is 22.7 Å². The number of ether oxygens (including phenoxy) is 1. The van der Waals surface area contributed by atoms with Crippen molar-refractivity contribution >= 4 is 44.7 Å². The second-order valence-corrected chi connectivity index (χ2v) is 5.58. The molecule has 0 saturated heterocycles. The molecule has 0 heterocycles. The van der Waals surface area contributed by atoms with E-state index in [1.807, 2.05) is 12.1 Å². The van der Waals surface area contributed by atoms with Crippen molar-refractivity contribution in [3.63, 3.8) is 0 Å². The molecule has 2 aromatic carbocycles. The highest BCUT2D eigenvalue weighted by molar-refractivity contribution is 9.10. The van der Waals surface area contributed by atoms with Crippen LogP contribution in [0.1, 0.15) is 12.5 Å². The van der Waals surface area contributed by atoms with Gasteiger partial charge in [-0.15, -0.1) is 0 Å². The highest BCUT2D eigenvalue weighted by Crippen LogP contribution is 2.34. The van der Waals surface area contributed by atoms with Crippen molar-refractivity contribution in [1.29, 1.82) is 0 Å². The molecule has 0 aliphatic carbocycles. The zero-order valence-electron chi connectivity index (χ0n) is 11.2. The van der Waals surface area contributed by atoms with Gasteiger partial charge in [-0.25, -0.2) is 0 Å². The Labute approximate surface area is 136 Å². The summed E-state index contributed by atoms with van der Waals surface area (Å²) in [7, 11) is 0. The van der Waals surface area contributed by atoms with Crippen LogP contribution in [0.5, 0.6) is 11.5 Å². The summed E-state index contributed by atoms with van der Waals surface area (Å²) in [6.07, 6.45) is 0. The molecule has 0 aliphatic rings. The van der Waals surface area contributed by atoms with Gasteiger partial charge < -0.3 is 15.8 Å². The van der Waals surface area contributed by atoms with Crippen LogP contribution in [0.15, 0.2) is 46.9 Å². The minimum atomic E-state index is -0.158. The molecule has 0 radical (unpaired) electrons. The van der Waals surface area contributed by atoms with E-state index in [1.54, 1.807) is 30.3 Å². The van der Waals surface area contributed by atoms with Gasteiger partial charge in [-0.1, -0.05) is 24.4 Å². The monoisotopic (exact) mass is 364 g/mol. The molecule has 0 spiro atoms. The number of carbonyl (C=O) groups is 1. The lowest BCUT2D eigenvalue weighted by molar-refractivity contribution is -0.114. The standard InChI is InChI=1S/C15H13BrN2O2S/c1-9(19)18-12-4-2-3-5-14(12)20-13-7-6-10(15(17)21)8-11(13)16/h2-8H,1H3,(H2,17,21)(H,18,19). The fourth-order valence-electron chi connectivity index (χ4n) is 1.70. The average molecular weight is 365 g/mol. The maximum absolute atomic E-state index is 11.2. The zero-order chi connectivity index (χ0) is 15.4. The van der Waals surface area contributed by atoms with Gasteiger partial charge in [0.15, 0.2) is 5.75 Å². The first-order valence-corrected chi connectivity index (χ1v) is 7.31. The predicted octanol–water partition coefficient (Wildman–Crippen LogP) is 3.83. The molecule has 0 bridgehead atoms. The number of hydrogen-bond acceptors (Lipinski definition) is 3. The molecular formula is C15H13BrN2O2S. The van der Waals surface area contributed by atoms with Crippen molar-refractivity contribution in [3.8, 4) is 11.5 Å². The molecular weight excluding hydrogens is 352 g/mol. The van der Waals surface area contributed by atoms with Crippen LogP contribution in [0, 0.1) is 0 Å². The van der Waals surface area contributed by atoms with Crippen LogP contribution in [0.2, 0.25) is 0 Å². The number of nitrogens with two attached hydrogens (primary N) is 1. The number of nitrogens with one attached hydrogen (secondary N) is 1. The normalized spacial score (nSPS) is 10.0. The fourth-order valence-corrected chi connectivity index (χ4v) is 2.29. The van der Waals surface area contributed by atoms with E-state index in [0.29, 0.717) is 22.2 Å². The maximum atomic E-state index is 11.2. The summed E-state index contributed by atoms with van der Waals surface area (Å²) >= 11 is 8.35. The first-order valence-electron chi connectivity index (χ1n) is 6.11. The van der Waals surface area contributed by atoms with Crippen LogP contribution in [-0.4, -0.2) is 10.9 Å². The third-order valence-corrected chi connectivity index (χ3v) is 3.49. The summed E-state index contributed by atoms with van der Waals surface area (Å²) in [4.78, 5) is 11.5. The van der Waals surface area contributed by atoms with Gasteiger partial charge in [-0.2, -0.15) is 0 Å². The number of anilines is 1. The number of benzene rings is 2. The summed E-state index contributed by atoms with van der Waals surface area (Å²) in [6.45, 7) is 1.45. The van der Waals surface area contributed by atoms with Crippen molar-refractivity contribution in [2.45, 2.75) is 6.92 Å². The van der Waals surface area contributed by atoms with Crippen LogP contribution in [0.25, 0.3) is 0 Å². The quantitative estimate of drug-likeness (QED) is 0.809. The molecule has 6 heteroatoms. The Morgan fingerprint density at radius 1 is 1.24 bits per heavy atom. The topological polar surface area (TPSA) is 64.3 Å². The Hall–Kier alpha value is -1.92. The molecule has 0 aliphatic heterocycles. The zero-order valence-corrected chi connectivity index (χ0v) is 13.6. The third-order valence-electron chi connectivity index (χ3n) is 2.63. The highest BCUT2D eigenvalue weighted by atomic mass is 79.9. The molecule has 0 saturated carbocycles. The number of hydrogen-bond donors (Lipinski definition) is 2. The Morgan fingerprint density at radius 2 is 1.95 bits per heavy atom. The number of amides is 1. The van der Waals surface area contributed by atoms with Crippen LogP contribution in [0.3, 0.4) is 0 Å². The van der Waals surface area contributed by atoms with Gasteiger partial charge in [-0.05, 0) is 46.3 Å². The molecule has 2 aromatic rings. The summed E-state index contributed by atoms with van der Waals surface area (Å²) in [5, 5.41) is 2.72. The lowest BCUT2D eigenvalue weighted by Gasteiger charge is -2.13. The van der Waals surface area contributed by atoms with Crippen LogP contribution < -0.4 is 15.8 Å². The van der Waals surface area contributed by atoms with Crippen LogP contribution in [0.4, 0.5) is 5.69 Å². The molecule has 4 nitrogen and oxygen atoms in total.